The van der Waals surface area contributed by atoms with Crippen LogP contribution >= 0.6 is 0 Å². The Kier molecular flexibility index (Phi) is 7.49. The summed E-state index contributed by atoms with van der Waals surface area (Å²) in [5.74, 6) is 0.261. The molecule has 0 aromatic heterocycles. The minimum Gasteiger partial charge on any atom is -0.497 e. The van der Waals surface area contributed by atoms with Crippen molar-refractivity contribution in [3.63, 3.8) is 0 Å². The van der Waals surface area contributed by atoms with Gasteiger partial charge in [0.1, 0.15) is 11.8 Å². The summed E-state index contributed by atoms with van der Waals surface area (Å²) >= 11 is 0. The highest BCUT2D eigenvalue weighted by Gasteiger charge is 2.35. The van der Waals surface area contributed by atoms with Crippen LogP contribution in [0.3, 0.4) is 0 Å². The summed E-state index contributed by atoms with van der Waals surface area (Å²) in [6.07, 6.45) is 0.432. The predicted octanol–water partition coefficient (Wildman–Crippen LogP) is 3.69. The summed E-state index contributed by atoms with van der Waals surface area (Å²) in [6.45, 7) is 4.43. The van der Waals surface area contributed by atoms with Crippen LogP contribution in [0.5, 0.6) is 5.75 Å². The highest BCUT2D eigenvalue weighted by Crippen LogP contribution is 2.42. The Morgan fingerprint density at radius 2 is 1.75 bits per heavy atom. The first kappa shape index (κ1) is 25.5. The highest BCUT2D eigenvalue weighted by molar-refractivity contribution is 7.93. The van der Waals surface area contributed by atoms with Crippen molar-refractivity contribution in [1.82, 2.24) is 10.2 Å². The van der Waals surface area contributed by atoms with Crippen molar-refractivity contribution < 1.29 is 22.7 Å². The SMILES string of the molecule is CCNC(=O)[C@@H](C)N(Cc1ccc(OC)cc1)C(=O)CCCN1c2cccc3cccc(c23)S1(=O)=O. The molecule has 190 valence electrons. The van der Waals surface area contributed by atoms with Gasteiger partial charge in [-0.3, -0.25) is 13.9 Å². The second kappa shape index (κ2) is 10.6. The van der Waals surface area contributed by atoms with Crippen molar-refractivity contribution in [2.24, 2.45) is 0 Å². The maximum absolute atomic E-state index is 13.3. The van der Waals surface area contributed by atoms with E-state index in [4.69, 9.17) is 4.74 Å². The lowest BCUT2D eigenvalue weighted by Gasteiger charge is -2.29. The van der Waals surface area contributed by atoms with Crippen molar-refractivity contribution in [3.8, 4) is 5.75 Å². The molecule has 0 saturated carbocycles. The molecule has 3 aromatic carbocycles. The van der Waals surface area contributed by atoms with Crippen LogP contribution in [0.4, 0.5) is 5.69 Å². The maximum atomic E-state index is 13.3. The van der Waals surface area contributed by atoms with Crippen LogP contribution in [0, 0.1) is 0 Å². The number of benzene rings is 3. The van der Waals surface area contributed by atoms with E-state index >= 15 is 0 Å². The van der Waals surface area contributed by atoms with Gasteiger partial charge in [-0.25, -0.2) is 8.42 Å². The molecule has 8 nitrogen and oxygen atoms in total. The molecule has 3 aromatic rings. The van der Waals surface area contributed by atoms with Crippen LogP contribution in [0.1, 0.15) is 32.3 Å². The molecule has 1 N–H and O–H groups in total. The molecule has 0 spiro atoms. The highest BCUT2D eigenvalue weighted by atomic mass is 32.2. The first-order valence-electron chi connectivity index (χ1n) is 12.0. The van der Waals surface area contributed by atoms with Gasteiger partial charge in [0.25, 0.3) is 10.0 Å². The zero-order valence-corrected chi connectivity index (χ0v) is 21.5. The Balaban J connectivity index is 1.49. The molecule has 0 bridgehead atoms. The summed E-state index contributed by atoms with van der Waals surface area (Å²) < 4.78 is 33.0. The monoisotopic (exact) mass is 509 g/mol. The van der Waals surface area contributed by atoms with Crippen LogP contribution < -0.4 is 14.4 Å². The molecule has 1 atom stereocenters. The lowest BCUT2D eigenvalue weighted by Crippen LogP contribution is -2.47. The van der Waals surface area contributed by atoms with E-state index in [2.05, 4.69) is 5.32 Å². The van der Waals surface area contributed by atoms with Crippen LogP contribution in [0.2, 0.25) is 0 Å². The third-order valence-electron chi connectivity index (χ3n) is 6.46. The fourth-order valence-electron chi connectivity index (χ4n) is 4.55. The Labute approximate surface area is 211 Å². The number of methoxy groups -OCH3 is 1. The summed E-state index contributed by atoms with van der Waals surface area (Å²) in [5.41, 5.74) is 1.51. The Morgan fingerprint density at radius 1 is 1.06 bits per heavy atom. The largest absolute Gasteiger partial charge is 0.497 e. The van der Waals surface area contributed by atoms with Gasteiger partial charge in [-0.15, -0.1) is 0 Å². The Morgan fingerprint density at radius 3 is 2.42 bits per heavy atom. The number of ether oxygens (including phenoxy) is 1. The molecule has 36 heavy (non-hydrogen) atoms. The van der Waals surface area contributed by atoms with Gasteiger partial charge in [-0.05, 0) is 55.5 Å². The minimum absolute atomic E-state index is 0.109. The maximum Gasteiger partial charge on any atom is 0.265 e. The average Bonchev–Trinajstić information content (AvgIpc) is 3.10. The number of likely N-dealkylation sites (N-methyl/N-ethyl adjacent to an activating group) is 1. The van der Waals surface area contributed by atoms with Gasteiger partial charge < -0.3 is 15.0 Å². The molecule has 1 aliphatic heterocycles. The summed E-state index contributed by atoms with van der Waals surface area (Å²) in [7, 11) is -2.09. The minimum atomic E-state index is -3.68. The third kappa shape index (κ3) is 4.88. The van der Waals surface area contributed by atoms with Crippen molar-refractivity contribution in [2.75, 3.05) is 24.5 Å². The molecule has 4 rings (SSSR count). The molecule has 1 heterocycles. The number of carbonyl (C=O) groups excluding carboxylic acids is 2. The second-order valence-electron chi connectivity index (χ2n) is 8.75. The third-order valence-corrected chi connectivity index (χ3v) is 8.32. The standard InChI is InChI=1S/C27H31N3O5S/c1-4-28-27(32)19(2)29(18-20-13-15-22(35-3)16-14-20)25(31)12-7-17-30-23-10-5-8-21-9-6-11-24(26(21)23)36(30,33)34/h5-6,8-11,13-16,19H,4,7,12,17-18H2,1-3H3,(H,28,32)/t19-/m1/s1. The molecule has 9 heteroatoms. The van der Waals surface area contributed by atoms with Crippen molar-refractivity contribution in [1.29, 1.82) is 0 Å². The van der Waals surface area contributed by atoms with Gasteiger partial charge in [0.05, 0.1) is 17.7 Å². The van der Waals surface area contributed by atoms with Crippen LogP contribution in [0.25, 0.3) is 10.8 Å². The van der Waals surface area contributed by atoms with Crippen molar-refractivity contribution in [3.05, 3.63) is 66.2 Å². The first-order valence-corrected chi connectivity index (χ1v) is 13.5. The first-order chi connectivity index (χ1) is 17.3. The number of anilines is 1. The van der Waals surface area contributed by atoms with Crippen molar-refractivity contribution >= 4 is 38.3 Å². The van der Waals surface area contributed by atoms with E-state index in [1.165, 1.54) is 4.31 Å². The topological polar surface area (TPSA) is 96.0 Å². The van der Waals surface area contributed by atoms with E-state index in [-0.39, 0.29) is 31.3 Å². The van der Waals surface area contributed by atoms with Crippen LogP contribution in [-0.4, -0.2) is 51.4 Å². The Bertz CT molecular complexity index is 1370. The van der Waals surface area contributed by atoms with Gasteiger partial charge in [-0.1, -0.05) is 36.4 Å². The van der Waals surface area contributed by atoms with Crippen LogP contribution in [-0.2, 0) is 26.2 Å². The van der Waals surface area contributed by atoms with E-state index < -0.39 is 16.1 Å². The zero-order valence-electron chi connectivity index (χ0n) is 20.7. The molecule has 2 amide bonds. The van der Waals surface area contributed by atoms with E-state index in [9.17, 15) is 18.0 Å². The van der Waals surface area contributed by atoms with E-state index in [0.717, 1.165) is 16.3 Å². The molecule has 0 radical (unpaired) electrons. The quantitative estimate of drug-likeness (QED) is 0.450. The smallest absolute Gasteiger partial charge is 0.265 e. The number of hydrogen-bond acceptors (Lipinski definition) is 5. The van der Waals surface area contributed by atoms with Gasteiger partial charge in [0.2, 0.25) is 11.8 Å². The lowest BCUT2D eigenvalue weighted by molar-refractivity contribution is -0.140. The Hall–Kier alpha value is -3.59. The molecular formula is C27H31N3O5S. The van der Waals surface area contributed by atoms with Gasteiger partial charge >= 0.3 is 0 Å². The molecular weight excluding hydrogens is 478 g/mol. The fraction of sp³-hybridized carbons (Fsp3) is 0.333. The van der Waals surface area contributed by atoms with E-state index in [1.54, 1.807) is 37.1 Å². The number of nitrogens with one attached hydrogen (secondary N) is 1. The fourth-order valence-corrected chi connectivity index (χ4v) is 6.30. The normalized spacial score (nSPS) is 14.5. The zero-order chi connectivity index (χ0) is 25.9. The number of amides is 2. The van der Waals surface area contributed by atoms with Gasteiger partial charge in [0, 0.05) is 31.4 Å². The number of nitrogens with zero attached hydrogens (tertiary/aromatic N) is 2. The molecule has 0 saturated heterocycles. The summed E-state index contributed by atoms with van der Waals surface area (Å²) in [6, 6.07) is 17.5. The second-order valence-corrected chi connectivity index (χ2v) is 10.6. The molecule has 0 unspecified atom stereocenters. The number of rotatable bonds is 10. The molecule has 1 aliphatic rings. The van der Waals surface area contributed by atoms with Crippen LogP contribution in [0.15, 0.2) is 65.6 Å². The predicted molar refractivity (Wildman–Crippen MR) is 139 cm³/mol. The number of carbonyl (C=O) groups is 2. The number of sulfonamides is 1. The lowest BCUT2D eigenvalue weighted by atomic mass is 10.1. The van der Waals surface area contributed by atoms with Crippen molar-refractivity contribution in [2.45, 2.75) is 44.2 Å². The summed E-state index contributed by atoms with van der Waals surface area (Å²) in [4.78, 5) is 27.7. The van der Waals surface area contributed by atoms with Gasteiger partial charge in [0.15, 0.2) is 0 Å². The van der Waals surface area contributed by atoms with Gasteiger partial charge in [-0.2, -0.15) is 0 Å². The molecule has 0 fully saturated rings. The average molecular weight is 510 g/mol. The summed E-state index contributed by atoms with van der Waals surface area (Å²) in [5, 5.41) is 4.37. The number of hydrogen-bond donors (Lipinski definition) is 1. The van der Waals surface area contributed by atoms with E-state index in [1.807, 2.05) is 49.4 Å². The molecule has 0 aliphatic carbocycles. The van der Waals surface area contributed by atoms with E-state index in [0.29, 0.717) is 29.3 Å².